The molecule has 21 heavy (non-hydrogen) atoms. The lowest BCUT2D eigenvalue weighted by molar-refractivity contribution is 0.268. The highest BCUT2D eigenvalue weighted by atomic mass is 16.5. The molecule has 2 aromatic rings. The number of nitrogens with one attached hydrogen (secondary N) is 1. The average molecular weight is 285 g/mol. The first kappa shape index (κ1) is 14.2. The highest BCUT2D eigenvalue weighted by Gasteiger charge is 2.21. The first-order chi connectivity index (χ1) is 10.2. The van der Waals surface area contributed by atoms with Crippen LogP contribution in [0.2, 0.25) is 0 Å². The summed E-state index contributed by atoms with van der Waals surface area (Å²) in [4.78, 5) is 0. The van der Waals surface area contributed by atoms with Crippen molar-refractivity contribution in [1.82, 2.24) is 5.32 Å². The summed E-state index contributed by atoms with van der Waals surface area (Å²) in [5.74, 6) is 2.33. The first-order valence-electron chi connectivity index (χ1n) is 7.74. The van der Waals surface area contributed by atoms with Crippen LogP contribution < -0.4 is 10.1 Å². The molecule has 1 aromatic heterocycles. The van der Waals surface area contributed by atoms with Gasteiger partial charge in [0.1, 0.15) is 18.1 Å². The van der Waals surface area contributed by atoms with Crippen LogP contribution in [0.1, 0.15) is 49.5 Å². The number of hydrogen-bond acceptors (Lipinski definition) is 3. The van der Waals surface area contributed by atoms with Gasteiger partial charge in [-0.1, -0.05) is 26.0 Å². The lowest BCUT2D eigenvalue weighted by Gasteiger charge is -2.10. The van der Waals surface area contributed by atoms with E-state index in [9.17, 15) is 0 Å². The summed E-state index contributed by atoms with van der Waals surface area (Å²) in [7, 11) is 0. The molecule has 0 spiro atoms. The van der Waals surface area contributed by atoms with Gasteiger partial charge in [-0.05, 0) is 42.5 Å². The van der Waals surface area contributed by atoms with E-state index in [1.165, 1.54) is 24.0 Å². The van der Waals surface area contributed by atoms with Gasteiger partial charge < -0.3 is 14.5 Å². The van der Waals surface area contributed by atoms with Crippen LogP contribution in [0.4, 0.5) is 0 Å². The zero-order valence-corrected chi connectivity index (χ0v) is 12.8. The Morgan fingerprint density at radius 2 is 2.14 bits per heavy atom. The van der Waals surface area contributed by atoms with Gasteiger partial charge in [-0.2, -0.15) is 0 Å². The molecule has 3 rings (SSSR count). The summed E-state index contributed by atoms with van der Waals surface area (Å²) in [5, 5.41) is 3.51. The standard InChI is InChI=1S/C18H23NO2/c1-13(2)14-4-3-5-17(10-14)21-12-18-15(8-9-20-18)11-19-16-6-7-16/h3-5,8-10,13,16,19H,6-7,11-12H2,1-2H3. The summed E-state index contributed by atoms with van der Waals surface area (Å²) in [6, 6.07) is 11.0. The van der Waals surface area contributed by atoms with E-state index in [0.717, 1.165) is 18.1 Å². The van der Waals surface area contributed by atoms with Crippen LogP contribution in [0.3, 0.4) is 0 Å². The van der Waals surface area contributed by atoms with Crippen LogP contribution in [0.25, 0.3) is 0 Å². The fourth-order valence-electron chi connectivity index (χ4n) is 2.31. The van der Waals surface area contributed by atoms with Gasteiger partial charge in [0.15, 0.2) is 0 Å². The Morgan fingerprint density at radius 1 is 1.29 bits per heavy atom. The number of hydrogen-bond donors (Lipinski definition) is 1. The van der Waals surface area contributed by atoms with Crippen LogP contribution in [0.5, 0.6) is 5.75 Å². The van der Waals surface area contributed by atoms with Crippen molar-refractivity contribution >= 4 is 0 Å². The normalized spacial score (nSPS) is 14.6. The molecule has 1 aliphatic carbocycles. The van der Waals surface area contributed by atoms with Crippen molar-refractivity contribution in [2.45, 2.75) is 51.8 Å². The fraction of sp³-hybridized carbons (Fsp3) is 0.444. The Hall–Kier alpha value is -1.74. The quantitative estimate of drug-likeness (QED) is 0.826. The third kappa shape index (κ3) is 3.88. The molecule has 1 aliphatic rings. The van der Waals surface area contributed by atoms with Crippen LogP contribution in [0.15, 0.2) is 41.0 Å². The average Bonchev–Trinajstić information content (AvgIpc) is 3.21. The highest BCUT2D eigenvalue weighted by Crippen LogP contribution is 2.23. The minimum absolute atomic E-state index is 0.482. The van der Waals surface area contributed by atoms with E-state index in [2.05, 4.69) is 31.3 Å². The summed E-state index contributed by atoms with van der Waals surface area (Å²) < 4.78 is 11.4. The van der Waals surface area contributed by atoms with Gasteiger partial charge >= 0.3 is 0 Å². The fourth-order valence-corrected chi connectivity index (χ4v) is 2.31. The molecule has 0 saturated heterocycles. The van der Waals surface area contributed by atoms with E-state index in [4.69, 9.17) is 9.15 Å². The molecule has 0 bridgehead atoms. The van der Waals surface area contributed by atoms with Crippen molar-refractivity contribution in [2.24, 2.45) is 0 Å². The van der Waals surface area contributed by atoms with Crippen molar-refractivity contribution in [3.63, 3.8) is 0 Å². The van der Waals surface area contributed by atoms with Gasteiger partial charge in [-0.3, -0.25) is 0 Å². The highest BCUT2D eigenvalue weighted by molar-refractivity contribution is 5.30. The van der Waals surface area contributed by atoms with Crippen molar-refractivity contribution in [3.05, 3.63) is 53.5 Å². The molecule has 1 fully saturated rings. The van der Waals surface area contributed by atoms with Gasteiger partial charge in [0.25, 0.3) is 0 Å². The Balaban J connectivity index is 1.59. The molecule has 112 valence electrons. The second kappa shape index (κ2) is 6.35. The molecule has 0 unspecified atom stereocenters. The molecule has 1 N–H and O–H groups in total. The molecular formula is C18H23NO2. The van der Waals surface area contributed by atoms with Crippen molar-refractivity contribution in [3.8, 4) is 5.75 Å². The van der Waals surface area contributed by atoms with Crippen LogP contribution in [-0.2, 0) is 13.2 Å². The van der Waals surface area contributed by atoms with Crippen molar-refractivity contribution < 1.29 is 9.15 Å². The Bertz CT molecular complexity index is 584. The monoisotopic (exact) mass is 285 g/mol. The molecule has 3 heteroatoms. The van der Waals surface area contributed by atoms with Gasteiger partial charge in [-0.25, -0.2) is 0 Å². The molecule has 1 saturated carbocycles. The topological polar surface area (TPSA) is 34.4 Å². The van der Waals surface area contributed by atoms with Crippen LogP contribution in [0, 0.1) is 0 Å². The summed E-state index contributed by atoms with van der Waals surface area (Å²) in [5.41, 5.74) is 2.49. The van der Waals surface area contributed by atoms with E-state index in [1.807, 2.05) is 18.2 Å². The maximum atomic E-state index is 5.88. The third-order valence-electron chi connectivity index (χ3n) is 3.89. The molecule has 0 aliphatic heterocycles. The SMILES string of the molecule is CC(C)c1cccc(OCc2occc2CNC2CC2)c1. The number of furan rings is 1. The van der Waals surface area contributed by atoms with E-state index in [0.29, 0.717) is 18.6 Å². The van der Waals surface area contributed by atoms with Crippen molar-refractivity contribution in [2.75, 3.05) is 0 Å². The largest absolute Gasteiger partial charge is 0.486 e. The smallest absolute Gasteiger partial charge is 0.146 e. The second-order valence-corrected chi connectivity index (χ2v) is 6.04. The Kier molecular flexibility index (Phi) is 4.30. The lowest BCUT2D eigenvalue weighted by atomic mass is 10.0. The third-order valence-corrected chi connectivity index (χ3v) is 3.89. The van der Waals surface area contributed by atoms with Gasteiger partial charge in [-0.15, -0.1) is 0 Å². The Morgan fingerprint density at radius 3 is 2.90 bits per heavy atom. The minimum atomic E-state index is 0.482. The second-order valence-electron chi connectivity index (χ2n) is 6.04. The molecule has 0 amide bonds. The molecule has 0 atom stereocenters. The van der Waals surface area contributed by atoms with E-state index < -0.39 is 0 Å². The van der Waals surface area contributed by atoms with E-state index in [1.54, 1.807) is 6.26 Å². The predicted molar refractivity (Wildman–Crippen MR) is 83.4 cm³/mol. The van der Waals surface area contributed by atoms with E-state index in [-0.39, 0.29) is 0 Å². The van der Waals surface area contributed by atoms with Crippen LogP contribution in [-0.4, -0.2) is 6.04 Å². The molecule has 3 nitrogen and oxygen atoms in total. The number of rotatable bonds is 7. The molecule has 1 heterocycles. The van der Waals surface area contributed by atoms with Crippen LogP contribution >= 0.6 is 0 Å². The van der Waals surface area contributed by atoms with Gasteiger partial charge in [0, 0.05) is 18.2 Å². The summed E-state index contributed by atoms with van der Waals surface area (Å²) in [6.07, 6.45) is 4.34. The molecular weight excluding hydrogens is 262 g/mol. The zero-order chi connectivity index (χ0) is 14.7. The lowest BCUT2D eigenvalue weighted by Crippen LogP contribution is -2.16. The maximum Gasteiger partial charge on any atom is 0.146 e. The molecule has 1 aromatic carbocycles. The van der Waals surface area contributed by atoms with Gasteiger partial charge in [0.05, 0.1) is 6.26 Å². The molecule has 0 radical (unpaired) electrons. The first-order valence-corrected chi connectivity index (χ1v) is 7.74. The zero-order valence-electron chi connectivity index (χ0n) is 12.8. The maximum absolute atomic E-state index is 5.88. The van der Waals surface area contributed by atoms with Crippen molar-refractivity contribution in [1.29, 1.82) is 0 Å². The minimum Gasteiger partial charge on any atom is -0.486 e. The number of ether oxygens (including phenoxy) is 1. The summed E-state index contributed by atoms with van der Waals surface area (Å²) in [6.45, 7) is 5.72. The predicted octanol–water partition coefficient (Wildman–Crippen LogP) is 4.23. The summed E-state index contributed by atoms with van der Waals surface area (Å²) >= 11 is 0. The van der Waals surface area contributed by atoms with E-state index >= 15 is 0 Å². The number of benzene rings is 1. The Labute approximate surface area is 126 Å². The van der Waals surface area contributed by atoms with Gasteiger partial charge in [0.2, 0.25) is 0 Å².